The third-order valence-electron chi connectivity index (χ3n) is 2.36. The fourth-order valence-corrected chi connectivity index (χ4v) is 2.16. The smallest absolute Gasteiger partial charge is 0.267 e. The highest BCUT2D eigenvalue weighted by Crippen LogP contribution is 2.12. The molecular weight excluding hydrogens is 375 g/mol. The zero-order valence-corrected chi connectivity index (χ0v) is 12.7. The van der Waals surface area contributed by atoms with Crippen LogP contribution in [0.3, 0.4) is 0 Å². The largest absolute Gasteiger partial charge is 0.271 e. The standard InChI is InChI=1S/C14H10ClIN2O/c15-13-7-2-1-4-11(13)9-17-18-14(19)10-5-3-6-12(16)8-10/h1-9H,(H,18,19). The summed E-state index contributed by atoms with van der Waals surface area (Å²) in [7, 11) is 0. The van der Waals surface area contributed by atoms with Gasteiger partial charge in [-0.05, 0) is 46.9 Å². The molecule has 0 bridgehead atoms. The average Bonchev–Trinajstić information content (AvgIpc) is 2.41. The van der Waals surface area contributed by atoms with Gasteiger partial charge in [0.25, 0.3) is 5.91 Å². The summed E-state index contributed by atoms with van der Waals surface area (Å²) >= 11 is 8.13. The number of nitrogens with one attached hydrogen (secondary N) is 1. The predicted molar refractivity (Wildman–Crippen MR) is 85.7 cm³/mol. The molecule has 0 aliphatic rings. The Labute approximate surface area is 129 Å². The van der Waals surface area contributed by atoms with Gasteiger partial charge >= 0.3 is 0 Å². The molecule has 0 atom stereocenters. The number of hydrazone groups is 1. The number of nitrogens with zero attached hydrogens (tertiary/aromatic N) is 1. The molecule has 2 rings (SSSR count). The minimum absolute atomic E-state index is 0.248. The summed E-state index contributed by atoms with van der Waals surface area (Å²) in [5.74, 6) is -0.248. The van der Waals surface area contributed by atoms with Gasteiger partial charge in [-0.2, -0.15) is 5.10 Å². The van der Waals surface area contributed by atoms with Crippen LogP contribution in [-0.4, -0.2) is 12.1 Å². The van der Waals surface area contributed by atoms with E-state index in [0.717, 1.165) is 9.13 Å². The molecule has 1 N–H and O–H groups in total. The van der Waals surface area contributed by atoms with Crippen LogP contribution in [0.4, 0.5) is 0 Å². The highest BCUT2D eigenvalue weighted by molar-refractivity contribution is 14.1. The lowest BCUT2D eigenvalue weighted by Gasteiger charge is -2.00. The van der Waals surface area contributed by atoms with Crippen molar-refractivity contribution in [1.82, 2.24) is 5.43 Å². The number of hydrogen-bond donors (Lipinski definition) is 1. The van der Waals surface area contributed by atoms with Gasteiger partial charge in [0.2, 0.25) is 0 Å². The molecule has 0 unspecified atom stereocenters. The summed E-state index contributed by atoms with van der Waals surface area (Å²) in [6.45, 7) is 0. The van der Waals surface area contributed by atoms with Crippen LogP contribution in [0.5, 0.6) is 0 Å². The Morgan fingerprint density at radius 1 is 1.21 bits per heavy atom. The van der Waals surface area contributed by atoms with Crippen molar-refractivity contribution in [1.29, 1.82) is 0 Å². The molecule has 2 aromatic carbocycles. The van der Waals surface area contributed by atoms with E-state index in [1.165, 1.54) is 6.21 Å². The number of benzene rings is 2. The van der Waals surface area contributed by atoms with Crippen molar-refractivity contribution < 1.29 is 4.79 Å². The monoisotopic (exact) mass is 384 g/mol. The van der Waals surface area contributed by atoms with Gasteiger partial charge in [-0.25, -0.2) is 5.43 Å². The van der Waals surface area contributed by atoms with Gasteiger partial charge in [0, 0.05) is 19.7 Å². The Kier molecular flexibility index (Phi) is 4.93. The van der Waals surface area contributed by atoms with Crippen molar-refractivity contribution in [3.05, 3.63) is 68.3 Å². The van der Waals surface area contributed by atoms with Crippen molar-refractivity contribution in [3.63, 3.8) is 0 Å². The number of carbonyl (C=O) groups is 1. The Hall–Kier alpha value is -1.40. The van der Waals surface area contributed by atoms with E-state index in [4.69, 9.17) is 11.6 Å². The van der Waals surface area contributed by atoms with Crippen molar-refractivity contribution in [3.8, 4) is 0 Å². The van der Waals surface area contributed by atoms with E-state index in [9.17, 15) is 4.79 Å². The third-order valence-corrected chi connectivity index (χ3v) is 3.38. The van der Waals surface area contributed by atoms with Gasteiger partial charge in [-0.3, -0.25) is 4.79 Å². The first kappa shape index (κ1) is 14.0. The number of rotatable bonds is 3. The quantitative estimate of drug-likeness (QED) is 0.489. The van der Waals surface area contributed by atoms with Crippen LogP contribution in [0.15, 0.2) is 53.6 Å². The minimum atomic E-state index is -0.248. The molecule has 1 amide bonds. The second-order valence-corrected chi connectivity index (χ2v) is 5.38. The van der Waals surface area contributed by atoms with Crippen LogP contribution >= 0.6 is 34.2 Å². The van der Waals surface area contributed by atoms with Crippen molar-refractivity contribution in [2.75, 3.05) is 0 Å². The minimum Gasteiger partial charge on any atom is -0.267 e. The van der Waals surface area contributed by atoms with Gasteiger partial charge in [-0.15, -0.1) is 0 Å². The topological polar surface area (TPSA) is 41.5 Å². The summed E-state index contributed by atoms with van der Waals surface area (Å²) in [5.41, 5.74) is 3.80. The lowest BCUT2D eigenvalue weighted by atomic mass is 10.2. The van der Waals surface area contributed by atoms with Gasteiger partial charge in [0.05, 0.1) is 6.21 Å². The predicted octanol–water partition coefficient (Wildman–Crippen LogP) is 3.71. The summed E-state index contributed by atoms with van der Waals surface area (Å²) in [6.07, 6.45) is 1.52. The van der Waals surface area contributed by atoms with Gasteiger partial charge in [0.1, 0.15) is 0 Å². The normalized spacial score (nSPS) is 10.6. The molecule has 0 saturated heterocycles. The van der Waals surface area contributed by atoms with E-state index in [2.05, 4.69) is 33.1 Å². The third kappa shape index (κ3) is 4.04. The van der Waals surface area contributed by atoms with Crippen molar-refractivity contribution in [2.24, 2.45) is 5.10 Å². The molecule has 0 radical (unpaired) electrons. The Morgan fingerprint density at radius 3 is 2.74 bits per heavy atom. The van der Waals surface area contributed by atoms with Crippen LogP contribution in [0, 0.1) is 3.57 Å². The second kappa shape index (κ2) is 6.68. The molecule has 19 heavy (non-hydrogen) atoms. The van der Waals surface area contributed by atoms with E-state index < -0.39 is 0 Å². The Morgan fingerprint density at radius 2 is 2.00 bits per heavy atom. The lowest BCUT2D eigenvalue weighted by molar-refractivity contribution is 0.0955. The molecule has 0 spiro atoms. The molecule has 0 fully saturated rings. The van der Waals surface area contributed by atoms with E-state index in [0.29, 0.717) is 10.6 Å². The first-order chi connectivity index (χ1) is 9.16. The van der Waals surface area contributed by atoms with Crippen LogP contribution in [-0.2, 0) is 0 Å². The molecule has 0 aliphatic heterocycles. The molecule has 0 saturated carbocycles. The van der Waals surface area contributed by atoms with Crippen molar-refractivity contribution in [2.45, 2.75) is 0 Å². The number of carbonyl (C=O) groups excluding carboxylic acids is 1. The summed E-state index contributed by atoms with van der Waals surface area (Å²) in [5, 5.41) is 4.49. The maximum atomic E-state index is 11.8. The average molecular weight is 385 g/mol. The fraction of sp³-hybridized carbons (Fsp3) is 0. The van der Waals surface area contributed by atoms with Gasteiger partial charge < -0.3 is 0 Å². The van der Waals surface area contributed by atoms with Crippen LogP contribution in [0.1, 0.15) is 15.9 Å². The van der Waals surface area contributed by atoms with Crippen LogP contribution in [0.2, 0.25) is 5.02 Å². The maximum Gasteiger partial charge on any atom is 0.271 e. The SMILES string of the molecule is O=C(NN=Cc1ccccc1Cl)c1cccc(I)c1. The fourth-order valence-electron chi connectivity index (χ4n) is 1.43. The zero-order valence-electron chi connectivity index (χ0n) is 9.81. The number of amides is 1. The summed E-state index contributed by atoms with van der Waals surface area (Å²) in [6, 6.07) is 14.6. The molecule has 0 heterocycles. The second-order valence-electron chi connectivity index (χ2n) is 3.73. The summed E-state index contributed by atoms with van der Waals surface area (Å²) < 4.78 is 1.00. The molecule has 0 aromatic heterocycles. The van der Waals surface area contributed by atoms with Crippen LogP contribution in [0.25, 0.3) is 0 Å². The van der Waals surface area contributed by atoms with E-state index in [1.54, 1.807) is 18.2 Å². The van der Waals surface area contributed by atoms with Gasteiger partial charge in [-0.1, -0.05) is 35.9 Å². The Bertz CT molecular complexity index is 628. The number of halogens is 2. The molecule has 0 aliphatic carbocycles. The van der Waals surface area contributed by atoms with E-state index >= 15 is 0 Å². The zero-order chi connectivity index (χ0) is 13.7. The first-order valence-electron chi connectivity index (χ1n) is 5.50. The first-order valence-corrected chi connectivity index (χ1v) is 6.96. The molecule has 3 nitrogen and oxygen atoms in total. The van der Waals surface area contributed by atoms with E-state index in [-0.39, 0.29) is 5.91 Å². The summed E-state index contributed by atoms with van der Waals surface area (Å²) in [4.78, 5) is 11.8. The number of hydrogen-bond acceptors (Lipinski definition) is 2. The molecule has 2 aromatic rings. The molecule has 96 valence electrons. The highest BCUT2D eigenvalue weighted by atomic mass is 127. The van der Waals surface area contributed by atoms with E-state index in [1.807, 2.05) is 30.3 Å². The molecular formula is C14H10ClIN2O. The highest BCUT2D eigenvalue weighted by Gasteiger charge is 2.03. The van der Waals surface area contributed by atoms with Crippen LogP contribution < -0.4 is 5.43 Å². The van der Waals surface area contributed by atoms with Gasteiger partial charge in [0.15, 0.2) is 0 Å². The maximum absolute atomic E-state index is 11.8. The Balaban J connectivity index is 2.03. The lowest BCUT2D eigenvalue weighted by Crippen LogP contribution is -2.17. The van der Waals surface area contributed by atoms with Crippen molar-refractivity contribution >= 4 is 46.3 Å². The molecule has 5 heteroatoms.